The van der Waals surface area contributed by atoms with E-state index in [1.165, 1.54) is 36.6 Å². The lowest BCUT2D eigenvalue weighted by Crippen LogP contribution is -2.43. The predicted octanol–water partition coefficient (Wildman–Crippen LogP) is 5.43. The molecule has 3 aromatic rings. The fourth-order valence-corrected chi connectivity index (χ4v) is 6.33. The molecule has 12 nitrogen and oxygen atoms in total. The monoisotopic (exact) mass is 693 g/mol. The van der Waals surface area contributed by atoms with E-state index in [-0.39, 0.29) is 42.0 Å². The summed E-state index contributed by atoms with van der Waals surface area (Å²) in [5.41, 5.74) is 4.18. The van der Waals surface area contributed by atoms with Crippen molar-refractivity contribution in [3.05, 3.63) is 47.8 Å². The second-order valence-electron chi connectivity index (χ2n) is 11.7. The van der Waals surface area contributed by atoms with Crippen molar-refractivity contribution >= 4 is 31.1 Å². The van der Waals surface area contributed by atoms with Crippen LogP contribution in [0.1, 0.15) is 82.9 Å². The molecule has 4 N–H and O–H groups in total. The lowest BCUT2D eigenvalue weighted by atomic mass is 9.99. The highest BCUT2D eigenvalue weighted by Crippen LogP contribution is 2.39. The first-order valence-corrected chi connectivity index (χ1v) is 17.2. The summed E-state index contributed by atoms with van der Waals surface area (Å²) in [5, 5.41) is 13.4. The van der Waals surface area contributed by atoms with Gasteiger partial charge in [0.25, 0.3) is 0 Å². The minimum atomic E-state index is -2.85. The lowest BCUT2D eigenvalue weighted by Gasteiger charge is -2.24. The van der Waals surface area contributed by atoms with Gasteiger partial charge in [-0.1, -0.05) is 69.3 Å². The standard InChI is InChI=1S/C32H41F3N6O6P/c1-3-5-6-7-8-9-10-11-12-13-45-30(43)24(16-21-14-22(33)17-23(34)15-21)40-48(44)46-19-32(4-2)25(42)18-26(47-32)41-20-37-27-28(36)38-31(35)39-29(27)41/h2,14-15,17,20,24-26,42H,3,5-13,16,18-19H2,1H3,(H,40,44)(H2,36,38,39)/q+1/t24-,25-,26+,32+/m0/s1. The molecule has 5 atom stereocenters. The number of nitrogen functional groups attached to an aromatic ring is 1. The number of aliphatic hydroxyl groups is 1. The SMILES string of the molecule is C#C[C@]1(CO[P+](=O)N[C@@H](Cc2cc(F)cc(F)c2)C(=O)OCCCCCCCCCCC)O[C@@H](n2cnc3c(N)nc(F)nc32)C[C@@H]1O. The molecule has 0 amide bonds. The number of rotatable bonds is 19. The van der Waals surface area contributed by atoms with Gasteiger partial charge < -0.3 is 20.3 Å². The van der Waals surface area contributed by atoms with Crippen LogP contribution >= 0.6 is 8.18 Å². The van der Waals surface area contributed by atoms with Crippen LogP contribution in [0.15, 0.2) is 24.5 Å². The molecule has 4 rings (SSSR count). The largest absolute Gasteiger partial charge is 0.614 e. The first kappa shape index (κ1) is 37.2. The number of esters is 1. The first-order valence-electron chi connectivity index (χ1n) is 16.0. The molecule has 1 aliphatic heterocycles. The number of benzene rings is 1. The van der Waals surface area contributed by atoms with Gasteiger partial charge in [-0.2, -0.15) is 14.4 Å². The van der Waals surface area contributed by atoms with Gasteiger partial charge >= 0.3 is 20.2 Å². The molecule has 1 saturated heterocycles. The molecule has 1 unspecified atom stereocenters. The molecule has 48 heavy (non-hydrogen) atoms. The van der Waals surface area contributed by atoms with Crippen molar-refractivity contribution in [3.8, 4) is 12.3 Å². The quantitative estimate of drug-likeness (QED) is 0.0483. The molecule has 0 bridgehead atoms. The molecule has 260 valence electrons. The summed E-state index contributed by atoms with van der Waals surface area (Å²) in [6.45, 7) is 1.71. The van der Waals surface area contributed by atoms with Gasteiger partial charge in [0.15, 0.2) is 28.6 Å². The minimum Gasteiger partial charge on any atom is -0.464 e. The van der Waals surface area contributed by atoms with E-state index in [4.69, 9.17) is 26.2 Å². The smallest absolute Gasteiger partial charge is 0.464 e. The average molecular weight is 694 g/mol. The molecule has 2 aromatic heterocycles. The van der Waals surface area contributed by atoms with Crippen LogP contribution in [-0.2, 0) is 29.8 Å². The zero-order chi connectivity index (χ0) is 34.7. The van der Waals surface area contributed by atoms with Crippen molar-refractivity contribution in [2.45, 2.75) is 102 Å². The minimum absolute atomic E-state index is 0.0104. The van der Waals surface area contributed by atoms with Gasteiger partial charge in [0.1, 0.15) is 30.6 Å². The van der Waals surface area contributed by atoms with Crippen LogP contribution in [0.25, 0.3) is 11.2 Å². The van der Waals surface area contributed by atoms with Crippen molar-refractivity contribution in [1.29, 1.82) is 0 Å². The Morgan fingerprint density at radius 1 is 1.17 bits per heavy atom. The Bertz CT molecular complexity index is 1590. The number of aliphatic hydroxyl groups excluding tert-OH is 1. The van der Waals surface area contributed by atoms with Gasteiger partial charge in [-0.3, -0.25) is 9.36 Å². The summed E-state index contributed by atoms with van der Waals surface area (Å²) < 4.78 is 72.9. The van der Waals surface area contributed by atoms with Crippen molar-refractivity contribution in [3.63, 3.8) is 0 Å². The van der Waals surface area contributed by atoms with Crippen LogP contribution in [0.4, 0.5) is 19.0 Å². The third-order valence-electron chi connectivity index (χ3n) is 8.08. The van der Waals surface area contributed by atoms with Crippen LogP contribution in [0, 0.1) is 30.1 Å². The Balaban J connectivity index is 1.35. The van der Waals surface area contributed by atoms with Crippen LogP contribution in [0.3, 0.4) is 0 Å². The van der Waals surface area contributed by atoms with Crippen molar-refractivity contribution in [1.82, 2.24) is 24.6 Å². The number of aromatic nitrogens is 4. The van der Waals surface area contributed by atoms with E-state index in [1.807, 2.05) is 0 Å². The third-order valence-corrected chi connectivity index (χ3v) is 8.97. The van der Waals surface area contributed by atoms with Gasteiger partial charge in [0.05, 0.1) is 12.9 Å². The second kappa shape index (κ2) is 17.6. The number of nitrogens with one attached hydrogen (secondary N) is 1. The van der Waals surface area contributed by atoms with Gasteiger partial charge in [0, 0.05) is 18.9 Å². The van der Waals surface area contributed by atoms with Gasteiger partial charge in [-0.15, -0.1) is 10.9 Å². The number of terminal acetylenes is 1. The number of nitrogens with two attached hydrogens (primary N) is 1. The summed E-state index contributed by atoms with van der Waals surface area (Å²) in [6, 6.07) is 1.51. The molecule has 0 radical (unpaired) electrons. The Hall–Kier alpha value is -3.67. The Morgan fingerprint density at radius 3 is 2.50 bits per heavy atom. The molecule has 0 saturated carbocycles. The first-order chi connectivity index (χ1) is 23.0. The highest BCUT2D eigenvalue weighted by molar-refractivity contribution is 7.36. The van der Waals surface area contributed by atoms with Gasteiger partial charge in [-0.25, -0.2) is 13.8 Å². The maximum Gasteiger partial charge on any atom is 0.614 e. The highest BCUT2D eigenvalue weighted by atomic mass is 31.1. The van der Waals surface area contributed by atoms with Crippen molar-refractivity contribution < 1.29 is 41.6 Å². The molecular formula is C32H41F3N6O6P+. The maximum absolute atomic E-state index is 13.9. The highest BCUT2D eigenvalue weighted by Gasteiger charge is 2.50. The van der Waals surface area contributed by atoms with E-state index in [0.717, 1.165) is 37.8 Å². The van der Waals surface area contributed by atoms with Crippen LogP contribution in [-0.4, -0.2) is 61.6 Å². The van der Waals surface area contributed by atoms with E-state index in [2.05, 4.69) is 32.9 Å². The van der Waals surface area contributed by atoms with E-state index < -0.39 is 62.4 Å². The maximum atomic E-state index is 13.9. The number of fused-ring (bicyclic) bond motifs is 1. The van der Waals surface area contributed by atoms with Crippen molar-refractivity contribution in [2.75, 3.05) is 18.9 Å². The lowest BCUT2D eigenvalue weighted by molar-refractivity contribution is -0.145. The van der Waals surface area contributed by atoms with Crippen LogP contribution in [0.2, 0.25) is 0 Å². The Labute approximate surface area is 277 Å². The number of anilines is 1. The summed E-state index contributed by atoms with van der Waals surface area (Å²) in [6.07, 6.45) is 12.9. The zero-order valence-corrected chi connectivity index (χ0v) is 27.6. The van der Waals surface area contributed by atoms with E-state index in [0.29, 0.717) is 12.5 Å². The zero-order valence-electron chi connectivity index (χ0n) is 26.7. The summed E-state index contributed by atoms with van der Waals surface area (Å²) in [7, 11) is -2.85. The molecule has 16 heteroatoms. The Morgan fingerprint density at radius 2 is 1.83 bits per heavy atom. The second-order valence-corrected chi connectivity index (χ2v) is 12.8. The van der Waals surface area contributed by atoms with Gasteiger partial charge in [-0.05, 0) is 28.7 Å². The molecular weight excluding hydrogens is 652 g/mol. The van der Waals surface area contributed by atoms with Crippen LogP contribution < -0.4 is 10.8 Å². The molecule has 1 aromatic carbocycles. The van der Waals surface area contributed by atoms with Crippen molar-refractivity contribution in [2.24, 2.45) is 0 Å². The number of imidazole rings is 1. The average Bonchev–Trinajstić information content (AvgIpc) is 3.61. The number of nitrogens with zero attached hydrogens (tertiary/aromatic N) is 4. The summed E-state index contributed by atoms with van der Waals surface area (Å²) in [5.74, 6) is -0.309. The van der Waals surface area contributed by atoms with E-state index in [1.54, 1.807) is 0 Å². The normalized spacial score (nSPS) is 20.1. The number of carbonyl (C=O) groups excluding carboxylic acids is 1. The molecule has 0 spiro atoms. The third kappa shape index (κ3) is 9.93. The Kier molecular flexibility index (Phi) is 13.7. The molecule has 1 aliphatic rings. The number of halogens is 3. The fraction of sp³-hybridized carbons (Fsp3) is 0.562. The number of hydrogen-bond acceptors (Lipinski definition) is 10. The predicted molar refractivity (Wildman–Crippen MR) is 171 cm³/mol. The molecule has 3 heterocycles. The number of hydrogen-bond donors (Lipinski definition) is 3. The van der Waals surface area contributed by atoms with Crippen LogP contribution in [0.5, 0.6) is 0 Å². The van der Waals surface area contributed by atoms with E-state index >= 15 is 0 Å². The molecule has 1 fully saturated rings. The number of carbonyl (C=O) groups is 1. The fourth-order valence-electron chi connectivity index (χ4n) is 5.50. The summed E-state index contributed by atoms with van der Waals surface area (Å²) >= 11 is 0. The summed E-state index contributed by atoms with van der Waals surface area (Å²) in [4.78, 5) is 24.3. The number of unbranched alkanes of at least 4 members (excludes halogenated alkanes) is 8. The van der Waals surface area contributed by atoms with Gasteiger partial charge in [0.2, 0.25) is 0 Å². The molecule has 0 aliphatic carbocycles. The topological polar surface area (TPSA) is 164 Å². The number of ether oxygens (including phenoxy) is 2. The van der Waals surface area contributed by atoms with E-state index in [9.17, 15) is 27.6 Å².